The van der Waals surface area contributed by atoms with Gasteiger partial charge in [-0.1, -0.05) is 16.5 Å². The van der Waals surface area contributed by atoms with Crippen molar-refractivity contribution in [1.82, 2.24) is 4.90 Å². The summed E-state index contributed by atoms with van der Waals surface area (Å²) in [4.78, 5) is 11.7. The van der Waals surface area contributed by atoms with Gasteiger partial charge in [0.05, 0.1) is 12.6 Å². The fraction of sp³-hybridized carbons (Fsp3) is 0.250. The van der Waals surface area contributed by atoms with Crippen molar-refractivity contribution in [3.8, 4) is 6.07 Å². The lowest BCUT2D eigenvalue weighted by Gasteiger charge is -1.87. The molecule has 1 unspecified atom stereocenters. The first kappa shape index (κ1) is 12.4. The van der Waals surface area contributed by atoms with E-state index in [4.69, 9.17) is 5.26 Å². The third-order valence-electron chi connectivity index (χ3n) is 1.59. The van der Waals surface area contributed by atoms with E-state index in [1.165, 1.54) is 0 Å². The number of carbonyl (C=O) groups excluding carboxylic acids is 1. The van der Waals surface area contributed by atoms with Crippen LogP contribution in [0.15, 0.2) is 27.3 Å². The molecule has 1 aromatic rings. The van der Waals surface area contributed by atoms with Crippen LogP contribution in [0.1, 0.15) is 0 Å². The van der Waals surface area contributed by atoms with Crippen molar-refractivity contribution in [2.45, 2.75) is 6.04 Å². The van der Waals surface area contributed by atoms with Gasteiger partial charge in [-0.2, -0.15) is 25.0 Å². The molecule has 0 aliphatic carbocycles. The van der Waals surface area contributed by atoms with E-state index >= 15 is 0 Å². The van der Waals surface area contributed by atoms with Gasteiger partial charge in [-0.25, -0.2) is 4.79 Å². The molecule has 1 aliphatic heterocycles. The second-order valence-corrected chi connectivity index (χ2v) is 4.11. The predicted molar refractivity (Wildman–Crippen MR) is 57.2 cm³/mol. The van der Waals surface area contributed by atoms with Crippen LogP contribution >= 0.6 is 11.3 Å². The highest BCUT2D eigenvalue weighted by Gasteiger charge is 2.38. The van der Waals surface area contributed by atoms with Gasteiger partial charge in [0.25, 0.3) is 0 Å². The summed E-state index contributed by atoms with van der Waals surface area (Å²) in [7, 11) is -2.72. The summed E-state index contributed by atoms with van der Waals surface area (Å²) in [6, 6.07) is 4.46. The van der Waals surface area contributed by atoms with Gasteiger partial charge in [0.1, 0.15) is 6.04 Å². The number of amides is 2. The fourth-order valence-electron chi connectivity index (χ4n) is 0.804. The van der Waals surface area contributed by atoms with E-state index in [0.717, 1.165) is 4.90 Å². The second kappa shape index (κ2) is 5.99. The molecular formula is C8H7N3O3S2. The Morgan fingerprint density at radius 2 is 2.12 bits per heavy atom. The number of thiophene rings is 1. The third kappa shape index (κ3) is 4.20. The van der Waals surface area contributed by atoms with E-state index in [0.29, 0.717) is 0 Å². The summed E-state index contributed by atoms with van der Waals surface area (Å²) < 4.78 is 22.4. The normalized spacial score (nSPS) is 16.4. The number of hydrogen-bond acceptors (Lipinski definition) is 5. The molecule has 0 saturated carbocycles. The number of urea groups is 1. The highest BCUT2D eigenvalue weighted by Crippen LogP contribution is 2.16. The maximum Gasteiger partial charge on any atom is 0.359 e. The number of nitrogens with zero attached hydrogens (tertiary/aromatic N) is 3. The Labute approximate surface area is 97.4 Å². The Kier molecular flexibility index (Phi) is 4.63. The molecule has 2 heterocycles. The average molecular weight is 257 g/mol. The quantitative estimate of drug-likeness (QED) is 0.651. The summed E-state index contributed by atoms with van der Waals surface area (Å²) in [6.45, 7) is 0.274. The molecule has 0 N–H and O–H groups in total. The summed E-state index contributed by atoms with van der Waals surface area (Å²) in [6.07, 6.45) is 0. The van der Waals surface area contributed by atoms with E-state index in [9.17, 15) is 13.2 Å². The minimum Gasteiger partial charge on any atom is -0.301 e. The molecule has 2 amide bonds. The molecule has 1 aromatic heterocycles. The first-order chi connectivity index (χ1) is 7.65. The SMILES string of the molecule is N#CC1CN1C(=O)N=S(=O)=O.c1ccsc1. The topological polar surface area (TPSA) is 90.4 Å². The van der Waals surface area contributed by atoms with Gasteiger partial charge in [0.15, 0.2) is 0 Å². The minimum atomic E-state index is -2.72. The first-order valence-corrected chi connectivity index (χ1v) is 6.11. The molecule has 0 radical (unpaired) electrons. The van der Waals surface area contributed by atoms with Crippen molar-refractivity contribution < 1.29 is 13.2 Å². The Morgan fingerprint density at radius 3 is 2.44 bits per heavy atom. The molecule has 1 aliphatic rings. The van der Waals surface area contributed by atoms with Crippen molar-refractivity contribution in [3.63, 3.8) is 0 Å². The summed E-state index contributed by atoms with van der Waals surface area (Å²) >= 11 is 1.71. The van der Waals surface area contributed by atoms with Crippen LogP contribution in [0.25, 0.3) is 0 Å². The summed E-state index contributed by atoms with van der Waals surface area (Å²) in [5.74, 6) is 0. The smallest absolute Gasteiger partial charge is 0.301 e. The predicted octanol–water partition coefficient (Wildman–Crippen LogP) is 1.12. The number of nitriles is 1. The van der Waals surface area contributed by atoms with Gasteiger partial charge in [-0.05, 0) is 10.8 Å². The van der Waals surface area contributed by atoms with Crippen LogP contribution in [0.2, 0.25) is 0 Å². The maximum absolute atomic E-state index is 10.6. The number of rotatable bonds is 0. The standard InChI is InChI=1S/C4H3N3O3S.C4H4S/c5-1-3-2-7(3)4(8)6-11(9)10;1-2-4-5-3-1/h3H,2H2;1-4H. The van der Waals surface area contributed by atoms with Gasteiger partial charge in [0.2, 0.25) is 0 Å². The van der Waals surface area contributed by atoms with Crippen LogP contribution in [-0.2, 0) is 10.5 Å². The van der Waals surface area contributed by atoms with Crippen molar-refractivity contribution in [2.75, 3.05) is 6.54 Å². The van der Waals surface area contributed by atoms with Crippen molar-refractivity contribution in [1.29, 1.82) is 5.26 Å². The van der Waals surface area contributed by atoms with Crippen LogP contribution < -0.4 is 0 Å². The molecule has 16 heavy (non-hydrogen) atoms. The Bertz CT molecular complexity index is 490. The molecule has 0 spiro atoms. The minimum absolute atomic E-state index is 0.274. The molecule has 0 aromatic carbocycles. The molecule has 84 valence electrons. The van der Waals surface area contributed by atoms with Gasteiger partial charge in [0, 0.05) is 0 Å². The fourth-order valence-corrected chi connectivity index (χ4v) is 1.49. The molecule has 0 bridgehead atoms. The zero-order valence-corrected chi connectivity index (χ0v) is 9.61. The molecule has 6 nitrogen and oxygen atoms in total. The Balaban J connectivity index is 0.000000212. The monoisotopic (exact) mass is 257 g/mol. The van der Waals surface area contributed by atoms with E-state index < -0.39 is 22.6 Å². The highest BCUT2D eigenvalue weighted by atomic mass is 32.2. The third-order valence-corrected chi connectivity index (χ3v) is 2.52. The molecule has 1 saturated heterocycles. The zero-order chi connectivity index (χ0) is 12.0. The highest BCUT2D eigenvalue weighted by molar-refractivity contribution is 7.62. The number of carbonyl (C=O) groups is 1. The Hall–Kier alpha value is -1.72. The van der Waals surface area contributed by atoms with Gasteiger partial charge in [-0.3, -0.25) is 0 Å². The average Bonchev–Trinajstić information content (AvgIpc) is 2.78. The van der Waals surface area contributed by atoms with Crippen molar-refractivity contribution >= 4 is 27.9 Å². The largest absolute Gasteiger partial charge is 0.359 e. The van der Waals surface area contributed by atoms with Crippen molar-refractivity contribution in [3.05, 3.63) is 22.9 Å². The lowest BCUT2D eigenvalue weighted by molar-refractivity contribution is 0.238. The first-order valence-electron chi connectivity index (χ1n) is 4.13. The van der Waals surface area contributed by atoms with Crippen LogP contribution in [0, 0.1) is 11.3 Å². The molecule has 2 rings (SSSR count). The summed E-state index contributed by atoms with van der Waals surface area (Å²) in [5, 5.41) is 12.3. The molecular weight excluding hydrogens is 250 g/mol. The van der Waals surface area contributed by atoms with E-state index in [1.54, 1.807) is 17.4 Å². The van der Waals surface area contributed by atoms with E-state index in [2.05, 4.69) is 4.36 Å². The molecule has 1 atom stereocenters. The van der Waals surface area contributed by atoms with Crippen LogP contribution in [0.4, 0.5) is 4.79 Å². The summed E-state index contributed by atoms with van der Waals surface area (Å²) in [5.41, 5.74) is 0. The Morgan fingerprint density at radius 1 is 1.50 bits per heavy atom. The van der Waals surface area contributed by atoms with Crippen molar-refractivity contribution in [2.24, 2.45) is 4.36 Å². The number of hydrogen-bond donors (Lipinski definition) is 0. The van der Waals surface area contributed by atoms with E-state index in [1.807, 2.05) is 22.9 Å². The van der Waals surface area contributed by atoms with Gasteiger partial charge < -0.3 is 4.90 Å². The lowest BCUT2D eigenvalue weighted by Crippen LogP contribution is -2.06. The van der Waals surface area contributed by atoms with Crippen LogP contribution in [0.5, 0.6) is 0 Å². The lowest BCUT2D eigenvalue weighted by atomic mass is 10.5. The molecule has 1 fully saturated rings. The molecule has 8 heteroatoms. The van der Waals surface area contributed by atoms with E-state index in [-0.39, 0.29) is 6.54 Å². The second-order valence-electron chi connectivity index (χ2n) is 2.68. The zero-order valence-electron chi connectivity index (χ0n) is 7.98. The van der Waals surface area contributed by atoms with Gasteiger partial charge >= 0.3 is 16.5 Å². The van der Waals surface area contributed by atoms with Gasteiger partial charge in [-0.15, -0.1) is 0 Å². The van der Waals surface area contributed by atoms with Crippen LogP contribution in [0.3, 0.4) is 0 Å². The maximum atomic E-state index is 10.6. The van der Waals surface area contributed by atoms with Crippen LogP contribution in [-0.4, -0.2) is 31.9 Å².